The summed E-state index contributed by atoms with van der Waals surface area (Å²) in [5.74, 6) is 0.0330. The van der Waals surface area contributed by atoms with Gasteiger partial charge >= 0.3 is 0 Å². The molecule has 0 saturated heterocycles. The van der Waals surface area contributed by atoms with Gasteiger partial charge in [-0.25, -0.2) is 4.98 Å². The quantitative estimate of drug-likeness (QED) is 0.543. The molecule has 0 amide bonds. The van der Waals surface area contributed by atoms with Gasteiger partial charge in [-0.3, -0.25) is 4.79 Å². The summed E-state index contributed by atoms with van der Waals surface area (Å²) >= 11 is 0. The second-order valence-electron chi connectivity index (χ2n) is 3.17. The van der Waals surface area contributed by atoms with Crippen molar-refractivity contribution in [3.8, 4) is 0 Å². The summed E-state index contributed by atoms with van der Waals surface area (Å²) in [6, 6.07) is 0.313. The number of hydrogen-bond donors (Lipinski definition) is 0. The number of allylic oxidation sites excluding steroid dienone is 1. The van der Waals surface area contributed by atoms with Gasteiger partial charge in [0.1, 0.15) is 5.69 Å². The lowest BCUT2D eigenvalue weighted by molar-refractivity contribution is 0.100. The summed E-state index contributed by atoms with van der Waals surface area (Å²) in [4.78, 5) is 15.4. The number of nitrogens with zero attached hydrogens (tertiary/aromatic N) is 2. The lowest BCUT2D eigenvalue weighted by Gasteiger charge is -2.22. The minimum Gasteiger partial charge on any atom is -0.325 e. The van der Waals surface area contributed by atoms with Crippen LogP contribution in [0.15, 0.2) is 24.7 Å². The molecule has 1 aromatic heterocycles. The fraction of sp³-hybridized carbons (Fsp3) is 0.333. The second kappa shape index (κ2) is 2.30. The van der Waals surface area contributed by atoms with Gasteiger partial charge in [0, 0.05) is 6.04 Å². The van der Waals surface area contributed by atoms with Crippen LogP contribution in [-0.2, 0) is 0 Å². The summed E-state index contributed by atoms with van der Waals surface area (Å²) in [7, 11) is 0. The van der Waals surface area contributed by atoms with Crippen molar-refractivity contribution < 1.29 is 4.79 Å². The molecule has 12 heavy (non-hydrogen) atoms. The highest BCUT2D eigenvalue weighted by Crippen LogP contribution is 2.26. The summed E-state index contributed by atoms with van der Waals surface area (Å²) in [6.07, 6.45) is 4.04. The van der Waals surface area contributed by atoms with Crippen LogP contribution in [0.5, 0.6) is 0 Å². The van der Waals surface area contributed by atoms with Crippen LogP contribution in [0.4, 0.5) is 0 Å². The Morgan fingerprint density at radius 1 is 1.75 bits per heavy atom. The predicted molar refractivity (Wildman–Crippen MR) is 45.0 cm³/mol. The number of ketones is 1. The molecular formula is C9H10N2O. The predicted octanol–water partition coefficient (Wildman–Crippen LogP) is 1.59. The van der Waals surface area contributed by atoms with Crippen LogP contribution in [0, 0.1) is 0 Å². The number of aromatic nitrogens is 2. The molecule has 1 aliphatic rings. The molecule has 0 spiro atoms. The molecular weight excluding hydrogens is 152 g/mol. The third-order valence-corrected chi connectivity index (χ3v) is 2.24. The van der Waals surface area contributed by atoms with E-state index in [4.69, 9.17) is 0 Å². The Labute approximate surface area is 70.7 Å². The normalized spacial score (nSPS) is 22.6. The number of fused-ring (bicyclic) bond motifs is 1. The topological polar surface area (TPSA) is 34.9 Å². The van der Waals surface area contributed by atoms with E-state index < -0.39 is 0 Å². The highest BCUT2D eigenvalue weighted by Gasteiger charge is 2.24. The minimum absolute atomic E-state index is 0.0330. The maximum atomic E-state index is 11.5. The van der Waals surface area contributed by atoms with Gasteiger partial charge in [0.2, 0.25) is 5.78 Å². The zero-order valence-electron chi connectivity index (χ0n) is 6.95. The SMILES string of the molecule is C=C1CC(C)n2cncc2C1=O. The van der Waals surface area contributed by atoms with E-state index in [1.54, 1.807) is 12.5 Å². The van der Waals surface area contributed by atoms with Crippen molar-refractivity contribution in [1.82, 2.24) is 9.55 Å². The smallest absolute Gasteiger partial charge is 0.206 e. The molecule has 1 aliphatic heterocycles. The summed E-state index contributed by atoms with van der Waals surface area (Å²) in [5, 5.41) is 0. The lowest BCUT2D eigenvalue weighted by Crippen LogP contribution is -2.21. The minimum atomic E-state index is 0.0330. The Morgan fingerprint density at radius 3 is 3.25 bits per heavy atom. The van der Waals surface area contributed by atoms with E-state index >= 15 is 0 Å². The van der Waals surface area contributed by atoms with E-state index in [1.165, 1.54) is 0 Å². The van der Waals surface area contributed by atoms with Gasteiger partial charge in [-0.15, -0.1) is 0 Å². The number of rotatable bonds is 0. The van der Waals surface area contributed by atoms with Crippen molar-refractivity contribution in [3.63, 3.8) is 0 Å². The maximum Gasteiger partial charge on any atom is 0.206 e. The fourth-order valence-corrected chi connectivity index (χ4v) is 1.56. The van der Waals surface area contributed by atoms with Crippen molar-refractivity contribution in [1.29, 1.82) is 0 Å². The van der Waals surface area contributed by atoms with Crippen molar-refractivity contribution >= 4 is 5.78 Å². The van der Waals surface area contributed by atoms with Crippen molar-refractivity contribution in [2.24, 2.45) is 0 Å². The highest BCUT2D eigenvalue weighted by atomic mass is 16.1. The largest absolute Gasteiger partial charge is 0.325 e. The van der Waals surface area contributed by atoms with Crippen molar-refractivity contribution in [2.45, 2.75) is 19.4 Å². The standard InChI is InChI=1S/C9H10N2O/c1-6-3-7(2)11-5-10-4-8(11)9(6)12/h4-5,7H,1,3H2,2H3. The molecule has 3 nitrogen and oxygen atoms in total. The van der Waals surface area contributed by atoms with Gasteiger partial charge in [-0.1, -0.05) is 6.58 Å². The molecule has 0 saturated carbocycles. The summed E-state index contributed by atoms with van der Waals surface area (Å²) in [5.41, 5.74) is 1.36. The van der Waals surface area contributed by atoms with Crippen LogP contribution in [0.3, 0.4) is 0 Å². The number of carbonyl (C=O) groups is 1. The van der Waals surface area contributed by atoms with Crippen LogP contribution >= 0.6 is 0 Å². The first-order valence-electron chi connectivity index (χ1n) is 3.94. The van der Waals surface area contributed by atoms with Crippen LogP contribution in [0.2, 0.25) is 0 Å². The molecule has 0 aromatic carbocycles. The van der Waals surface area contributed by atoms with E-state index in [1.807, 2.05) is 4.57 Å². The number of hydrogen-bond acceptors (Lipinski definition) is 2. The van der Waals surface area contributed by atoms with Gasteiger partial charge in [-0.2, -0.15) is 0 Å². The molecule has 2 rings (SSSR count). The maximum absolute atomic E-state index is 11.5. The third-order valence-electron chi connectivity index (χ3n) is 2.24. The Bertz CT molecular complexity index is 351. The van der Waals surface area contributed by atoms with Crippen LogP contribution < -0.4 is 0 Å². The fourth-order valence-electron chi connectivity index (χ4n) is 1.56. The van der Waals surface area contributed by atoms with E-state index in [-0.39, 0.29) is 5.78 Å². The summed E-state index contributed by atoms with van der Waals surface area (Å²) in [6.45, 7) is 5.79. The van der Waals surface area contributed by atoms with Crippen LogP contribution in [-0.4, -0.2) is 15.3 Å². The van der Waals surface area contributed by atoms with E-state index in [2.05, 4.69) is 18.5 Å². The molecule has 2 heterocycles. The number of Topliss-reactive ketones (excluding diaryl/α,β-unsaturated/α-hetero) is 1. The zero-order chi connectivity index (χ0) is 8.72. The molecule has 0 fully saturated rings. The molecule has 1 atom stereocenters. The molecule has 0 aliphatic carbocycles. The highest BCUT2D eigenvalue weighted by molar-refractivity contribution is 6.07. The Kier molecular flexibility index (Phi) is 1.40. The van der Waals surface area contributed by atoms with E-state index in [0.717, 1.165) is 6.42 Å². The Balaban J connectivity index is 2.57. The number of imidazole rings is 1. The van der Waals surface area contributed by atoms with Crippen LogP contribution in [0.1, 0.15) is 29.9 Å². The molecule has 1 aromatic rings. The third kappa shape index (κ3) is 0.826. The second-order valence-corrected chi connectivity index (χ2v) is 3.17. The first kappa shape index (κ1) is 7.28. The molecule has 0 bridgehead atoms. The van der Waals surface area contributed by atoms with E-state index in [0.29, 0.717) is 17.3 Å². The first-order chi connectivity index (χ1) is 5.70. The van der Waals surface area contributed by atoms with Crippen molar-refractivity contribution in [2.75, 3.05) is 0 Å². The van der Waals surface area contributed by atoms with E-state index in [9.17, 15) is 4.79 Å². The zero-order valence-corrected chi connectivity index (χ0v) is 6.95. The van der Waals surface area contributed by atoms with Gasteiger partial charge < -0.3 is 4.57 Å². The lowest BCUT2D eigenvalue weighted by atomic mass is 9.98. The Hall–Kier alpha value is -1.38. The Morgan fingerprint density at radius 2 is 2.50 bits per heavy atom. The molecule has 1 unspecified atom stereocenters. The first-order valence-corrected chi connectivity index (χ1v) is 3.94. The summed E-state index contributed by atoms with van der Waals surface area (Å²) < 4.78 is 1.90. The van der Waals surface area contributed by atoms with Crippen molar-refractivity contribution in [3.05, 3.63) is 30.4 Å². The van der Waals surface area contributed by atoms with Crippen LogP contribution in [0.25, 0.3) is 0 Å². The average molecular weight is 162 g/mol. The molecule has 62 valence electrons. The average Bonchev–Trinajstić information content (AvgIpc) is 2.48. The monoisotopic (exact) mass is 162 g/mol. The van der Waals surface area contributed by atoms with Gasteiger partial charge in [-0.05, 0) is 18.9 Å². The van der Waals surface area contributed by atoms with Gasteiger partial charge in [0.25, 0.3) is 0 Å². The van der Waals surface area contributed by atoms with Gasteiger partial charge in [0.15, 0.2) is 0 Å². The molecule has 0 radical (unpaired) electrons. The van der Waals surface area contributed by atoms with Gasteiger partial charge in [0.05, 0.1) is 12.5 Å². The number of carbonyl (C=O) groups excluding carboxylic acids is 1. The molecule has 3 heteroatoms. The molecule has 0 N–H and O–H groups in total.